The number of hydrogen-bond acceptors (Lipinski definition) is 5. The number of halogens is 1. The fourth-order valence-electron chi connectivity index (χ4n) is 1.55. The van der Waals surface area contributed by atoms with Gasteiger partial charge < -0.3 is 15.4 Å². The minimum absolute atomic E-state index is 0.412. The number of hydrogen-bond donors (Lipinski definition) is 1. The highest BCUT2D eigenvalue weighted by atomic mass is 79.9. The summed E-state index contributed by atoms with van der Waals surface area (Å²) in [7, 11) is 3.54. The lowest BCUT2D eigenvalue weighted by Gasteiger charge is -2.20. The summed E-state index contributed by atoms with van der Waals surface area (Å²) < 4.78 is 5.88. The number of nitrogen functional groups attached to an aromatic ring is 1. The molecule has 2 aromatic rings. The quantitative estimate of drug-likeness (QED) is 0.944. The van der Waals surface area contributed by atoms with Gasteiger partial charge in [0.25, 0.3) is 0 Å². The molecule has 0 aliphatic carbocycles. The zero-order valence-corrected chi connectivity index (χ0v) is 11.7. The van der Waals surface area contributed by atoms with E-state index >= 15 is 0 Å². The van der Waals surface area contributed by atoms with Crippen LogP contribution in [-0.4, -0.2) is 24.1 Å². The second kappa shape index (κ2) is 5.22. The molecule has 0 unspecified atom stereocenters. The van der Waals surface area contributed by atoms with Gasteiger partial charge in [0.05, 0.1) is 7.11 Å². The van der Waals surface area contributed by atoms with E-state index in [-0.39, 0.29) is 0 Å². The Kier molecular flexibility index (Phi) is 3.66. The minimum atomic E-state index is 0.412. The fourth-order valence-corrected chi connectivity index (χ4v) is 2.02. The molecule has 0 aliphatic heterocycles. The average Bonchev–Trinajstić information content (AvgIpc) is 2.41. The number of nitrogens with zero attached hydrogens (tertiary/aromatic N) is 3. The van der Waals surface area contributed by atoms with E-state index in [1.54, 1.807) is 7.11 Å². The summed E-state index contributed by atoms with van der Waals surface area (Å²) in [6, 6.07) is 7.70. The Morgan fingerprint density at radius 2 is 2.11 bits per heavy atom. The summed E-state index contributed by atoms with van der Waals surface area (Å²) in [4.78, 5) is 10.0. The molecule has 18 heavy (non-hydrogen) atoms. The molecule has 1 aromatic heterocycles. The van der Waals surface area contributed by atoms with Crippen molar-refractivity contribution in [2.75, 3.05) is 24.8 Å². The van der Waals surface area contributed by atoms with Crippen LogP contribution in [0.5, 0.6) is 5.75 Å². The Morgan fingerprint density at radius 1 is 1.33 bits per heavy atom. The number of methoxy groups -OCH3 is 1. The van der Waals surface area contributed by atoms with Crippen molar-refractivity contribution >= 4 is 33.3 Å². The molecule has 94 valence electrons. The molecule has 0 atom stereocenters. The smallest absolute Gasteiger partial charge is 0.152 e. The summed E-state index contributed by atoms with van der Waals surface area (Å²) in [5.74, 6) is 1.91. The standard InChI is InChI=1S/C12H13BrN4O/c1-17(8-4-3-5-9(6-8)18-2)12-10(13)11(14)15-7-16-12/h3-7H,1-2H3,(H2,14,15,16). The highest BCUT2D eigenvalue weighted by Gasteiger charge is 2.12. The van der Waals surface area contributed by atoms with Gasteiger partial charge in [0.1, 0.15) is 22.4 Å². The largest absolute Gasteiger partial charge is 0.497 e. The lowest BCUT2D eigenvalue weighted by molar-refractivity contribution is 0.415. The van der Waals surface area contributed by atoms with Crippen molar-refractivity contribution in [1.82, 2.24) is 9.97 Å². The normalized spacial score (nSPS) is 10.2. The van der Waals surface area contributed by atoms with Gasteiger partial charge in [-0.2, -0.15) is 0 Å². The second-order valence-electron chi connectivity index (χ2n) is 3.66. The van der Waals surface area contributed by atoms with Gasteiger partial charge in [0.15, 0.2) is 5.82 Å². The Hall–Kier alpha value is -1.82. The first-order valence-electron chi connectivity index (χ1n) is 5.27. The highest BCUT2D eigenvalue weighted by molar-refractivity contribution is 9.10. The topological polar surface area (TPSA) is 64.3 Å². The van der Waals surface area contributed by atoms with Gasteiger partial charge in [-0.3, -0.25) is 0 Å². The first kappa shape index (κ1) is 12.6. The van der Waals surface area contributed by atoms with E-state index in [4.69, 9.17) is 10.5 Å². The van der Waals surface area contributed by atoms with Gasteiger partial charge in [-0.25, -0.2) is 9.97 Å². The second-order valence-corrected chi connectivity index (χ2v) is 4.45. The molecule has 0 spiro atoms. The molecule has 0 amide bonds. The average molecular weight is 309 g/mol. The van der Waals surface area contributed by atoms with Crippen molar-refractivity contribution in [2.45, 2.75) is 0 Å². The Balaban J connectivity index is 2.41. The first-order valence-corrected chi connectivity index (χ1v) is 6.06. The fraction of sp³-hybridized carbons (Fsp3) is 0.167. The zero-order valence-electron chi connectivity index (χ0n) is 10.1. The minimum Gasteiger partial charge on any atom is -0.497 e. The highest BCUT2D eigenvalue weighted by Crippen LogP contribution is 2.32. The van der Waals surface area contributed by atoms with Crippen LogP contribution in [-0.2, 0) is 0 Å². The Morgan fingerprint density at radius 3 is 2.83 bits per heavy atom. The molecule has 0 aliphatic rings. The molecule has 0 fully saturated rings. The van der Waals surface area contributed by atoms with Crippen LogP contribution < -0.4 is 15.4 Å². The molecule has 0 bridgehead atoms. The molecule has 1 heterocycles. The van der Waals surface area contributed by atoms with E-state index in [1.807, 2.05) is 36.2 Å². The van der Waals surface area contributed by atoms with Crippen LogP contribution in [0.2, 0.25) is 0 Å². The maximum absolute atomic E-state index is 5.74. The molecule has 0 saturated heterocycles. The summed E-state index contributed by atoms with van der Waals surface area (Å²) in [5.41, 5.74) is 6.70. The third-order valence-corrected chi connectivity index (χ3v) is 3.32. The van der Waals surface area contributed by atoms with Crippen LogP contribution in [0.15, 0.2) is 35.1 Å². The van der Waals surface area contributed by atoms with E-state index in [9.17, 15) is 0 Å². The van der Waals surface area contributed by atoms with Crippen LogP contribution >= 0.6 is 15.9 Å². The Bertz CT molecular complexity index is 562. The molecule has 2 rings (SSSR count). The van der Waals surface area contributed by atoms with Gasteiger partial charge in [-0.15, -0.1) is 0 Å². The first-order chi connectivity index (χ1) is 8.63. The third-order valence-electron chi connectivity index (χ3n) is 2.56. The number of benzene rings is 1. The van der Waals surface area contributed by atoms with Gasteiger partial charge in [-0.05, 0) is 28.1 Å². The van der Waals surface area contributed by atoms with Crippen molar-refractivity contribution < 1.29 is 4.74 Å². The summed E-state index contributed by atoms with van der Waals surface area (Å²) in [6.07, 6.45) is 1.44. The number of aromatic nitrogens is 2. The van der Waals surface area contributed by atoms with Gasteiger partial charge in [0, 0.05) is 18.8 Å². The Labute approximate surface area is 114 Å². The molecule has 2 N–H and O–H groups in total. The molecule has 1 aromatic carbocycles. The van der Waals surface area contributed by atoms with Crippen LogP contribution in [0.1, 0.15) is 0 Å². The van der Waals surface area contributed by atoms with Gasteiger partial charge in [0.2, 0.25) is 0 Å². The number of nitrogens with two attached hydrogens (primary N) is 1. The molecular formula is C12H13BrN4O. The van der Waals surface area contributed by atoms with Gasteiger partial charge >= 0.3 is 0 Å². The summed E-state index contributed by atoms with van der Waals surface area (Å²) in [6.45, 7) is 0. The molecule has 0 radical (unpaired) electrons. The predicted molar refractivity (Wildman–Crippen MR) is 75.2 cm³/mol. The summed E-state index contributed by atoms with van der Waals surface area (Å²) >= 11 is 3.39. The van der Waals surface area contributed by atoms with E-state index in [2.05, 4.69) is 25.9 Å². The van der Waals surface area contributed by atoms with E-state index in [0.29, 0.717) is 16.1 Å². The molecule has 5 nitrogen and oxygen atoms in total. The van der Waals surface area contributed by atoms with E-state index in [1.165, 1.54) is 6.33 Å². The van der Waals surface area contributed by atoms with Crippen molar-refractivity contribution in [3.63, 3.8) is 0 Å². The zero-order chi connectivity index (χ0) is 13.1. The molecule has 0 saturated carbocycles. The van der Waals surface area contributed by atoms with Crippen LogP contribution in [0.3, 0.4) is 0 Å². The molecular weight excluding hydrogens is 296 g/mol. The number of anilines is 3. The lowest BCUT2D eigenvalue weighted by Crippen LogP contribution is -2.13. The van der Waals surface area contributed by atoms with E-state index < -0.39 is 0 Å². The summed E-state index contributed by atoms with van der Waals surface area (Å²) in [5, 5.41) is 0. The van der Waals surface area contributed by atoms with Crippen molar-refractivity contribution in [2.24, 2.45) is 0 Å². The van der Waals surface area contributed by atoms with Crippen LogP contribution in [0.25, 0.3) is 0 Å². The number of ether oxygens (including phenoxy) is 1. The van der Waals surface area contributed by atoms with Crippen LogP contribution in [0.4, 0.5) is 17.3 Å². The third kappa shape index (κ3) is 2.38. The van der Waals surface area contributed by atoms with Crippen molar-refractivity contribution in [3.8, 4) is 5.75 Å². The lowest BCUT2D eigenvalue weighted by atomic mass is 10.3. The van der Waals surface area contributed by atoms with E-state index in [0.717, 1.165) is 11.4 Å². The van der Waals surface area contributed by atoms with Crippen LogP contribution in [0, 0.1) is 0 Å². The van der Waals surface area contributed by atoms with Crippen molar-refractivity contribution in [3.05, 3.63) is 35.1 Å². The number of rotatable bonds is 3. The maximum atomic E-state index is 5.74. The molecule has 6 heteroatoms. The predicted octanol–water partition coefficient (Wildman–Crippen LogP) is 2.60. The SMILES string of the molecule is COc1cccc(N(C)c2ncnc(N)c2Br)c1. The maximum Gasteiger partial charge on any atom is 0.152 e. The van der Waals surface area contributed by atoms with Crippen molar-refractivity contribution in [1.29, 1.82) is 0 Å². The van der Waals surface area contributed by atoms with Gasteiger partial charge in [-0.1, -0.05) is 6.07 Å². The monoisotopic (exact) mass is 308 g/mol.